The molecule has 0 aliphatic carbocycles. The summed E-state index contributed by atoms with van der Waals surface area (Å²) >= 11 is 0. The predicted molar refractivity (Wildman–Crippen MR) is 120 cm³/mol. The van der Waals surface area contributed by atoms with E-state index < -0.39 is 16.8 Å². The quantitative estimate of drug-likeness (QED) is 0.341. The molecular weight excluding hydrogens is 424 g/mol. The molecule has 3 aromatic rings. The van der Waals surface area contributed by atoms with Crippen molar-refractivity contribution in [2.75, 3.05) is 7.11 Å². The number of esters is 1. The van der Waals surface area contributed by atoms with Gasteiger partial charge in [-0.05, 0) is 25.0 Å². The van der Waals surface area contributed by atoms with Crippen LogP contribution in [0, 0.1) is 10.1 Å². The summed E-state index contributed by atoms with van der Waals surface area (Å²) in [4.78, 5) is 28.3. The van der Waals surface area contributed by atoms with Gasteiger partial charge in [0.15, 0.2) is 5.82 Å². The van der Waals surface area contributed by atoms with Crippen LogP contribution in [0.5, 0.6) is 0 Å². The topological polar surface area (TPSA) is 120 Å². The lowest BCUT2D eigenvalue weighted by Gasteiger charge is -2.29. The van der Waals surface area contributed by atoms with Gasteiger partial charge >= 0.3 is 5.97 Å². The summed E-state index contributed by atoms with van der Waals surface area (Å²) in [6.45, 7) is 3.59. The van der Waals surface area contributed by atoms with Crippen molar-refractivity contribution in [2.45, 2.75) is 26.2 Å². The minimum atomic E-state index is -0.691. The highest BCUT2D eigenvalue weighted by Gasteiger charge is 2.37. The molecule has 1 atom stereocenters. The Hall–Kier alpha value is -4.27. The number of non-ortho nitro benzene ring substituents is 1. The first kappa shape index (κ1) is 21.9. The van der Waals surface area contributed by atoms with E-state index in [-0.39, 0.29) is 11.6 Å². The molecule has 2 aromatic carbocycles. The van der Waals surface area contributed by atoms with E-state index in [1.54, 1.807) is 19.1 Å². The van der Waals surface area contributed by atoms with Crippen LogP contribution in [-0.4, -0.2) is 28.1 Å². The van der Waals surface area contributed by atoms with Crippen molar-refractivity contribution < 1.29 is 19.0 Å². The highest BCUT2D eigenvalue weighted by molar-refractivity contribution is 5.96. The van der Waals surface area contributed by atoms with Gasteiger partial charge in [0.2, 0.25) is 0 Å². The van der Waals surface area contributed by atoms with Gasteiger partial charge in [-0.2, -0.15) is 4.98 Å². The molecule has 0 saturated heterocycles. The fraction of sp³-hybridized carbons (Fsp3) is 0.208. The minimum Gasteiger partial charge on any atom is -0.466 e. The Labute approximate surface area is 189 Å². The third-order valence-corrected chi connectivity index (χ3v) is 5.48. The molecule has 1 N–H and O–H groups in total. The average molecular weight is 446 g/mol. The molecule has 0 bridgehead atoms. The van der Waals surface area contributed by atoms with E-state index in [9.17, 15) is 14.9 Å². The number of hydrogen-bond acceptors (Lipinski definition) is 8. The number of nitro benzene ring substituents is 1. The standard InChI is InChI=1S/C24H22N4O5/c1-14-20(23-26-19(27-33-23)12-16-8-5-4-6-9-16)22(21(15(2)25-14)24(29)32-3)17-10-7-11-18(13-17)28(30)31/h4-11,13,22,25H,12H2,1-3H3. The number of benzene rings is 2. The van der Waals surface area contributed by atoms with Gasteiger partial charge < -0.3 is 14.6 Å². The summed E-state index contributed by atoms with van der Waals surface area (Å²) in [6, 6.07) is 15.9. The van der Waals surface area contributed by atoms with Crippen LogP contribution in [-0.2, 0) is 16.0 Å². The lowest BCUT2D eigenvalue weighted by Crippen LogP contribution is -2.28. The number of rotatable bonds is 6. The summed E-state index contributed by atoms with van der Waals surface area (Å²) in [5.74, 6) is -0.523. The maximum Gasteiger partial charge on any atom is 0.336 e. The third-order valence-electron chi connectivity index (χ3n) is 5.48. The Bertz CT molecular complexity index is 1280. The van der Waals surface area contributed by atoms with Gasteiger partial charge in [-0.25, -0.2) is 4.79 Å². The third kappa shape index (κ3) is 4.38. The number of methoxy groups -OCH3 is 1. The SMILES string of the molecule is COC(=O)C1=C(C)NC(C)=C(c2nc(Cc3ccccc3)no2)C1c1cccc([N+](=O)[O-])c1. The number of nitro groups is 1. The number of hydrogen-bond donors (Lipinski definition) is 1. The molecule has 2 heterocycles. The number of dihydropyridines is 1. The molecule has 0 spiro atoms. The van der Waals surface area contributed by atoms with E-state index in [0.29, 0.717) is 40.3 Å². The van der Waals surface area contributed by atoms with E-state index in [1.165, 1.54) is 19.2 Å². The van der Waals surface area contributed by atoms with Crippen molar-refractivity contribution in [1.29, 1.82) is 0 Å². The van der Waals surface area contributed by atoms with Gasteiger partial charge in [-0.3, -0.25) is 10.1 Å². The Morgan fingerprint density at radius 2 is 1.91 bits per heavy atom. The molecule has 9 heteroatoms. The van der Waals surface area contributed by atoms with Gasteiger partial charge in [0.05, 0.1) is 23.5 Å². The first-order valence-corrected chi connectivity index (χ1v) is 10.3. The van der Waals surface area contributed by atoms with Crippen LogP contribution in [0.3, 0.4) is 0 Å². The zero-order valence-corrected chi connectivity index (χ0v) is 18.4. The average Bonchev–Trinajstić information content (AvgIpc) is 3.26. The summed E-state index contributed by atoms with van der Waals surface area (Å²) in [5.41, 5.74) is 3.66. The van der Waals surface area contributed by atoms with Gasteiger partial charge in [0, 0.05) is 35.5 Å². The highest BCUT2D eigenvalue weighted by atomic mass is 16.6. The molecule has 33 heavy (non-hydrogen) atoms. The van der Waals surface area contributed by atoms with Crippen LogP contribution in [0.25, 0.3) is 5.57 Å². The summed E-state index contributed by atoms with van der Waals surface area (Å²) in [5, 5.41) is 18.7. The smallest absolute Gasteiger partial charge is 0.336 e. The van der Waals surface area contributed by atoms with Crippen LogP contribution in [0.1, 0.15) is 42.6 Å². The van der Waals surface area contributed by atoms with E-state index in [1.807, 2.05) is 37.3 Å². The largest absolute Gasteiger partial charge is 0.466 e. The molecule has 168 valence electrons. The molecule has 1 unspecified atom stereocenters. The van der Waals surface area contributed by atoms with Gasteiger partial charge in [0.1, 0.15) is 0 Å². The summed E-state index contributed by atoms with van der Waals surface area (Å²) in [7, 11) is 1.29. The second-order valence-corrected chi connectivity index (χ2v) is 7.66. The number of allylic oxidation sites excluding steroid dienone is 3. The Morgan fingerprint density at radius 3 is 2.61 bits per heavy atom. The van der Waals surface area contributed by atoms with E-state index >= 15 is 0 Å². The number of aromatic nitrogens is 2. The lowest BCUT2D eigenvalue weighted by atomic mass is 9.80. The molecule has 0 fully saturated rings. The van der Waals surface area contributed by atoms with Crippen molar-refractivity contribution in [3.8, 4) is 0 Å². The van der Waals surface area contributed by atoms with E-state index in [2.05, 4.69) is 15.5 Å². The van der Waals surface area contributed by atoms with Crippen molar-refractivity contribution in [3.05, 3.63) is 105 Å². The Morgan fingerprint density at radius 1 is 1.15 bits per heavy atom. The molecule has 9 nitrogen and oxygen atoms in total. The predicted octanol–water partition coefficient (Wildman–Crippen LogP) is 4.13. The van der Waals surface area contributed by atoms with Crippen LogP contribution in [0.15, 0.2) is 76.1 Å². The second-order valence-electron chi connectivity index (χ2n) is 7.66. The number of nitrogens with one attached hydrogen (secondary N) is 1. The van der Waals surface area contributed by atoms with E-state index in [0.717, 1.165) is 5.56 Å². The Kier molecular flexibility index (Phi) is 6.03. The molecule has 0 amide bonds. The van der Waals surface area contributed by atoms with Crippen LogP contribution in [0.4, 0.5) is 5.69 Å². The van der Waals surface area contributed by atoms with Crippen molar-refractivity contribution >= 4 is 17.2 Å². The molecule has 0 saturated carbocycles. The fourth-order valence-corrected chi connectivity index (χ4v) is 4.02. The molecule has 1 aliphatic heterocycles. The molecular formula is C24H22N4O5. The maximum atomic E-state index is 12.8. The zero-order valence-electron chi connectivity index (χ0n) is 18.4. The van der Waals surface area contributed by atoms with E-state index in [4.69, 9.17) is 9.26 Å². The fourth-order valence-electron chi connectivity index (χ4n) is 4.02. The normalized spacial score (nSPS) is 15.9. The molecule has 1 aliphatic rings. The van der Waals surface area contributed by atoms with Gasteiger partial charge in [-0.1, -0.05) is 47.6 Å². The number of nitrogens with zero attached hydrogens (tertiary/aromatic N) is 3. The monoisotopic (exact) mass is 446 g/mol. The molecule has 4 rings (SSSR count). The highest BCUT2D eigenvalue weighted by Crippen LogP contribution is 2.43. The zero-order chi connectivity index (χ0) is 23.5. The molecule has 1 aromatic heterocycles. The van der Waals surface area contributed by atoms with Crippen LogP contribution in [0.2, 0.25) is 0 Å². The second kappa shape index (κ2) is 9.07. The van der Waals surface area contributed by atoms with Crippen LogP contribution >= 0.6 is 0 Å². The molecule has 0 radical (unpaired) electrons. The lowest BCUT2D eigenvalue weighted by molar-refractivity contribution is -0.384. The van der Waals surface area contributed by atoms with Gasteiger partial charge in [0.25, 0.3) is 11.6 Å². The number of carbonyl (C=O) groups is 1. The van der Waals surface area contributed by atoms with Crippen molar-refractivity contribution in [3.63, 3.8) is 0 Å². The Balaban J connectivity index is 1.81. The maximum absolute atomic E-state index is 12.8. The van der Waals surface area contributed by atoms with Crippen LogP contribution < -0.4 is 5.32 Å². The van der Waals surface area contributed by atoms with Crippen molar-refractivity contribution in [1.82, 2.24) is 15.5 Å². The summed E-state index contributed by atoms with van der Waals surface area (Å²) < 4.78 is 10.6. The first-order chi connectivity index (χ1) is 15.9. The van der Waals surface area contributed by atoms with Crippen molar-refractivity contribution in [2.24, 2.45) is 0 Å². The number of ether oxygens (including phenoxy) is 1. The number of carbonyl (C=O) groups excluding carboxylic acids is 1. The van der Waals surface area contributed by atoms with Gasteiger partial charge in [-0.15, -0.1) is 0 Å². The summed E-state index contributed by atoms with van der Waals surface area (Å²) in [6.07, 6.45) is 0.476. The first-order valence-electron chi connectivity index (χ1n) is 10.3. The minimum absolute atomic E-state index is 0.0831.